The van der Waals surface area contributed by atoms with E-state index < -0.39 is 0 Å². The Morgan fingerprint density at radius 3 is 2.09 bits per heavy atom. The first kappa shape index (κ1) is 14.4. The van der Waals surface area contributed by atoms with Crippen molar-refractivity contribution in [1.29, 1.82) is 10.5 Å². The van der Waals surface area contributed by atoms with Crippen molar-refractivity contribution in [3.8, 4) is 23.3 Å². The lowest BCUT2D eigenvalue weighted by molar-refractivity contribution is 1.47. The molecule has 0 saturated heterocycles. The van der Waals surface area contributed by atoms with Gasteiger partial charge in [0.15, 0.2) is 0 Å². The van der Waals surface area contributed by atoms with Crippen LogP contribution in [0.3, 0.4) is 0 Å². The molecular weight excluding hydrogens is 282 g/mol. The van der Waals surface area contributed by atoms with Gasteiger partial charge in [0.2, 0.25) is 0 Å². The number of anilines is 1. The smallest absolute Gasteiger partial charge is 0.130 e. The topological polar surface area (TPSA) is 73.6 Å². The number of allylic oxidation sites excluding steroid dienone is 1. The van der Waals surface area contributed by atoms with Crippen LogP contribution in [0.4, 0.5) is 5.69 Å². The van der Waals surface area contributed by atoms with E-state index in [9.17, 15) is 0 Å². The molecule has 0 unspecified atom stereocenters. The van der Waals surface area contributed by atoms with Gasteiger partial charge in [-0.3, -0.25) is 0 Å². The molecule has 0 aromatic heterocycles. The molecule has 2 N–H and O–H groups in total. The van der Waals surface area contributed by atoms with Gasteiger partial charge < -0.3 is 5.73 Å². The van der Waals surface area contributed by atoms with E-state index in [1.54, 1.807) is 6.08 Å². The Labute approximate surface area is 134 Å². The number of hydrogen-bond donors (Lipinski definition) is 1. The van der Waals surface area contributed by atoms with Crippen LogP contribution in [0.25, 0.3) is 28.0 Å². The molecule has 0 radical (unpaired) electrons. The molecule has 0 atom stereocenters. The number of fused-ring (bicyclic) bond motifs is 1. The van der Waals surface area contributed by atoms with Gasteiger partial charge in [0.05, 0.1) is 0 Å². The fourth-order valence-electron chi connectivity index (χ4n) is 2.47. The number of rotatable bonds is 2. The highest BCUT2D eigenvalue weighted by molar-refractivity contribution is 5.89. The lowest BCUT2D eigenvalue weighted by atomic mass is 9.99. The standard InChI is InChI=1S/C20H13N3/c21-12-15(13-22)9-14-1-2-19-11-18(4-3-17(19)10-14)16-5-7-20(23)8-6-16/h1-11H,23H2. The maximum absolute atomic E-state index is 8.83. The molecule has 108 valence electrons. The van der Waals surface area contributed by atoms with Crippen LogP contribution < -0.4 is 5.73 Å². The third-order valence-corrected chi connectivity index (χ3v) is 3.66. The number of nitrogens with two attached hydrogens (primary N) is 1. The van der Waals surface area contributed by atoms with E-state index in [4.69, 9.17) is 16.3 Å². The number of nitriles is 2. The first-order valence-corrected chi connectivity index (χ1v) is 7.11. The molecule has 23 heavy (non-hydrogen) atoms. The lowest BCUT2D eigenvalue weighted by Crippen LogP contribution is -1.84. The van der Waals surface area contributed by atoms with Crippen molar-refractivity contribution in [3.05, 3.63) is 71.8 Å². The van der Waals surface area contributed by atoms with Gasteiger partial charge in [0, 0.05) is 5.69 Å². The zero-order valence-corrected chi connectivity index (χ0v) is 12.3. The fourth-order valence-corrected chi connectivity index (χ4v) is 2.47. The van der Waals surface area contributed by atoms with Gasteiger partial charge in [0.25, 0.3) is 0 Å². The first-order chi connectivity index (χ1) is 11.2. The highest BCUT2D eigenvalue weighted by Crippen LogP contribution is 2.26. The summed E-state index contributed by atoms with van der Waals surface area (Å²) in [6, 6.07) is 23.6. The summed E-state index contributed by atoms with van der Waals surface area (Å²) < 4.78 is 0. The summed E-state index contributed by atoms with van der Waals surface area (Å²) in [6.07, 6.45) is 1.59. The maximum Gasteiger partial charge on any atom is 0.130 e. The Hall–Kier alpha value is -3.56. The summed E-state index contributed by atoms with van der Waals surface area (Å²) in [5.41, 5.74) is 9.65. The summed E-state index contributed by atoms with van der Waals surface area (Å²) in [5.74, 6) is 0. The van der Waals surface area contributed by atoms with Crippen molar-refractivity contribution >= 4 is 22.5 Å². The van der Waals surface area contributed by atoms with Gasteiger partial charge >= 0.3 is 0 Å². The van der Waals surface area contributed by atoms with Crippen molar-refractivity contribution in [2.24, 2.45) is 0 Å². The van der Waals surface area contributed by atoms with Gasteiger partial charge in [-0.25, -0.2) is 0 Å². The van der Waals surface area contributed by atoms with E-state index in [1.165, 1.54) is 0 Å². The quantitative estimate of drug-likeness (QED) is 0.558. The number of benzene rings is 3. The average Bonchev–Trinajstić information content (AvgIpc) is 2.60. The van der Waals surface area contributed by atoms with Crippen LogP contribution in [-0.4, -0.2) is 0 Å². The van der Waals surface area contributed by atoms with Crippen LogP contribution in [0.1, 0.15) is 5.56 Å². The molecule has 3 nitrogen and oxygen atoms in total. The molecule has 0 spiro atoms. The molecule has 0 fully saturated rings. The highest BCUT2D eigenvalue weighted by Gasteiger charge is 2.01. The molecule has 3 aromatic rings. The minimum atomic E-state index is 0.0999. The van der Waals surface area contributed by atoms with Crippen molar-refractivity contribution in [2.45, 2.75) is 0 Å². The minimum Gasteiger partial charge on any atom is -0.399 e. The monoisotopic (exact) mass is 295 g/mol. The van der Waals surface area contributed by atoms with Gasteiger partial charge in [-0.1, -0.05) is 36.4 Å². The van der Waals surface area contributed by atoms with E-state index in [0.29, 0.717) is 0 Å². The van der Waals surface area contributed by atoms with Crippen molar-refractivity contribution in [1.82, 2.24) is 0 Å². The summed E-state index contributed by atoms with van der Waals surface area (Å²) in [5, 5.41) is 19.8. The maximum atomic E-state index is 8.83. The molecule has 0 aliphatic rings. The van der Waals surface area contributed by atoms with Gasteiger partial charge in [-0.2, -0.15) is 10.5 Å². The molecule has 3 aromatic carbocycles. The predicted molar refractivity (Wildman–Crippen MR) is 93.0 cm³/mol. The van der Waals surface area contributed by atoms with E-state index in [-0.39, 0.29) is 5.57 Å². The molecule has 0 bridgehead atoms. The summed E-state index contributed by atoms with van der Waals surface area (Å²) >= 11 is 0. The van der Waals surface area contributed by atoms with Gasteiger partial charge in [0.1, 0.15) is 17.7 Å². The summed E-state index contributed by atoms with van der Waals surface area (Å²) in [6.45, 7) is 0. The Morgan fingerprint density at radius 1 is 0.783 bits per heavy atom. The van der Waals surface area contributed by atoms with Crippen LogP contribution in [0.2, 0.25) is 0 Å². The normalized spacial score (nSPS) is 9.83. The number of nitrogens with zero attached hydrogens (tertiary/aromatic N) is 2. The molecule has 0 heterocycles. The Bertz CT molecular complexity index is 968. The van der Waals surface area contributed by atoms with Crippen LogP contribution in [0.5, 0.6) is 0 Å². The molecular formula is C20H13N3. The van der Waals surface area contributed by atoms with Crippen LogP contribution in [0.15, 0.2) is 66.2 Å². The lowest BCUT2D eigenvalue weighted by Gasteiger charge is -2.06. The molecule has 0 aliphatic carbocycles. The number of nitrogen functional groups attached to an aromatic ring is 1. The van der Waals surface area contributed by atoms with E-state index in [2.05, 4.69) is 12.1 Å². The van der Waals surface area contributed by atoms with E-state index >= 15 is 0 Å². The summed E-state index contributed by atoms with van der Waals surface area (Å²) in [7, 11) is 0. The third-order valence-electron chi connectivity index (χ3n) is 3.66. The third kappa shape index (κ3) is 3.05. The van der Waals surface area contributed by atoms with Crippen molar-refractivity contribution < 1.29 is 0 Å². The second-order valence-corrected chi connectivity index (χ2v) is 5.22. The molecule has 0 aliphatic heterocycles. The van der Waals surface area contributed by atoms with Crippen LogP contribution >= 0.6 is 0 Å². The predicted octanol–water partition coefficient (Wildman–Crippen LogP) is 4.52. The molecule has 0 saturated carbocycles. The Kier molecular flexibility index (Phi) is 3.78. The van der Waals surface area contributed by atoms with Crippen LogP contribution in [-0.2, 0) is 0 Å². The van der Waals surface area contributed by atoms with E-state index in [0.717, 1.165) is 33.2 Å². The van der Waals surface area contributed by atoms with Crippen LogP contribution in [0, 0.1) is 22.7 Å². The zero-order valence-electron chi connectivity index (χ0n) is 12.3. The van der Waals surface area contributed by atoms with E-state index in [1.807, 2.05) is 60.7 Å². The van der Waals surface area contributed by atoms with Crippen molar-refractivity contribution in [3.63, 3.8) is 0 Å². The minimum absolute atomic E-state index is 0.0999. The largest absolute Gasteiger partial charge is 0.399 e. The second kappa shape index (κ2) is 6.05. The van der Waals surface area contributed by atoms with Gasteiger partial charge in [-0.05, 0) is 57.8 Å². The van der Waals surface area contributed by atoms with Crippen molar-refractivity contribution in [2.75, 3.05) is 5.73 Å². The Balaban J connectivity index is 2.03. The Morgan fingerprint density at radius 2 is 1.39 bits per heavy atom. The zero-order chi connectivity index (χ0) is 16.2. The summed E-state index contributed by atoms with van der Waals surface area (Å²) in [4.78, 5) is 0. The van der Waals surface area contributed by atoms with Gasteiger partial charge in [-0.15, -0.1) is 0 Å². The molecule has 3 heteroatoms. The fraction of sp³-hybridized carbons (Fsp3) is 0. The average molecular weight is 295 g/mol. The molecule has 3 rings (SSSR count). The highest BCUT2D eigenvalue weighted by atomic mass is 14.5. The number of hydrogen-bond acceptors (Lipinski definition) is 3. The molecule has 0 amide bonds. The SMILES string of the molecule is N#CC(C#N)=Cc1ccc2cc(-c3ccc(N)cc3)ccc2c1. The first-order valence-electron chi connectivity index (χ1n) is 7.11. The second-order valence-electron chi connectivity index (χ2n) is 5.22.